The number of carbonyl (C=O) groups excluding carboxylic acids is 3. The largest absolute Gasteiger partial charge is 0.469 e. The van der Waals surface area contributed by atoms with E-state index in [4.69, 9.17) is 0 Å². The van der Waals surface area contributed by atoms with E-state index in [0.29, 0.717) is 0 Å². The van der Waals surface area contributed by atoms with Crippen LogP contribution < -0.4 is 10.6 Å². The van der Waals surface area contributed by atoms with Crippen LogP contribution in [0.3, 0.4) is 0 Å². The number of halogens is 1. The summed E-state index contributed by atoms with van der Waals surface area (Å²) >= 11 is 0. The van der Waals surface area contributed by atoms with E-state index in [1.165, 1.54) is 19.2 Å². The van der Waals surface area contributed by atoms with Crippen molar-refractivity contribution in [1.29, 1.82) is 0 Å². The number of ether oxygens (including phenoxy) is 1. The molecule has 22 heavy (non-hydrogen) atoms. The summed E-state index contributed by atoms with van der Waals surface area (Å²) in [5.41, 5.74) is -0.534. The summed E-state index contributed by atoms with van der Waals surface area (Å²) in [5.74, 6) is -1.82. The molecule has 1 aromatic rings. The van der Waals surface area contributed by atoms with E-state index in [1.54, 1.807) is 13.8 Å². The maximum absolute atomic E-state index is 12.7. The first-order valence-corrected chi connectivity index (χ1v) is 6.65. The standard InChI is InChI=1S/C15H19FN2O4/c1-15(2,8-13(20)22-3)18-12(19)9-17-14(21)10-4-6-11(16)7-5-10/h4-7H,8-9H2,1-3H3,(H,17,21)(H,18,19). The number of methoxy groups -OCH3 is 1. The molecule has 0 aliphatic carbocycles. The maximum Gasteiger partial charge on any atom is 0.307 e. The Hall–Kier alpha value is -2.44. The van der Waals surface area contributed by atoms with Crippen LogP contribution in [0.5, 0.6) is 0 Å². The van der Waals surface area contributed by atoms with Gasteiger partial charge in [-0.25, -0.2) is 4.39 Å². The van der Waals surface area contributed by atoms with Crippen molar-refractivity contribution in [2.24, 2.45) is 0 Å². The highest BCUT2D eigenvalue weighted by molar-refractivity contribution is 5.96. The molecule has 0 bridgehead atoms. The van der Waals surface area contributed by atoms with Crippen LogP contribution in [0.4, 0.5) is 4.39 Å². The summed E-state index contributed by atoms with van der Waals surface area (Å²) in [6.45, 7) is 3.09. The van der Waals surface area contributed by atoms with Crippen LogP contribution in [0.25, 0.3) is 0 Å². The zero-order chi connectivity index (χ0) is 16.8. The van der Waals surface area contributed by atoms with E-state index in [0.717, 1.165) is 12.1 Å². The topological polar surface area (TPSA) is 84.5 Å². The summed E-state index contributed by atoms with van der Waals surface area (Å²) in [4.78, 5) is 34.8. The number of hydrogen-bond donors (Lipinski definition) is 2. The van der Waals surface area contributed by atoms with E-state index >= 15 is 0 Å². The third-order valence-electron chi connectivity index (χ3n) is 2.81. The Kier molecular flexibility index (Phi) is 6.03. The molecular formula is C15H19FN2O4. The third kappa shape index (κ3) is 5.90. The molecule has 0 radical (unpaired) electrons. The second kappa shape index (κ2) is 7.53. The van der Waals surface area contributed by atoms with Gasteiger partial charge in [0.2, 0.25) is 5.91 Å². The molecule has 0 atom stereocenters. The smallest absolute Gasteiger partial charge is 0.307 e. The Labute approximate surface area is 128 Å². The highest BCUT2D eigenvalue weighted by atomic mass is 19.1. The third-order valence-corrected chi connectivity index (χ3v) is 2.81. The summed E-state index contributed by atoms with van der Waals surface area (Å²) < 4.78 is 17.3. The van der Waals surface area contributed by atoms with Gasteiger partial charge in [-0.2, -0.15) is 0 Å². The van der Waals surface area contributed by atoms with Gasteiger partial charge in [0.15, 0.2) is 0 Å². The summed E-state index contributed by atoms with van der Waals surface area (Å²) in [6, 6.07) is 4.97. The Morgan fingerprint density at radius 2 is 1.77 bits per heavy atom. The predicted octanol–water partition coefficient (Wildman–Crippen LogP) is 1.01. The first kappa shape index (κ1) is 17.6. The zero-order valence-electron chi connectivity index (χ0n) is 12.7. The van der Waals surface area contributed by atoms with Crippen LogP contribution in [0.2, 0.25) is 0 Å². The molecule has 0 fully saturated rings. The van der Waals surface area contributed by atoms with Crippen molar-refractivity contribution in [3.8, 4) is 0 Å². The first-order chi connectivity index (χ1) is 10.2. The van der Waals surface area contributed by atoms with Crippen LogP contribution in [-0.4, -0.2) is 37.0 Å². The molecule has 0 aliphatic rings. The molecule has 0 unspecified atom stereocenters. The van der Waals surface area contributed by atoms with Gasteiger partial charge in [0, 0.05) is 11.1 Å². The molecule has 2 N–H and O–H groups in total. The van der Waals surface area contributed by atoms with Gasteiger partial charge in [0.1, 0.15) is 5.82 Å². The fraction of sp³-hybridized carbons (Fsp3) is 0.400. The molecule has 1 aromatic carbocycles. The summed E-state index contributed by atoms with van der Waals surface area (Å²) in [6.07, 6.45) is 0.0150. The van der Waals surface area contributed by atoms with Crippen LogP contribution in [-0.2, 0) is 14.3 Å². The number of nitrogens with one attached hydrogen (secondary N) is 2. The number of esters is 1. The van der Waals surface area contributed by atoms with E-state index in [9.17, 15) is 18.8 Å². The SMILES string of the molecule is COC(=O)CC(C)(C)NC(=O)CNC(=O)c1ccc(F)cc1. The highest BCUT2D eigenvalue weighted by Gasteiger charge is 2.24. The Morgan fingerprint density at radius 1 is 1.18 bits per heavy atom. The van der Waals surface area contributed by atoms with E-state index in [-0.39, 0.29) is 18.5 Å². The first-order valence-electron chi connectivity index (χ1n) is 6.65. The minimum atomic E-state index is -0.787. The maximum atomic E-state index is 12.7. The lowest BCUT2D eigenvalue weighted by Crippen LogP contribution is -2.48. The minimum Gasteiger partial charge on any atom is -0.469 e. The van der Waals surface area contributed by atoms with Gasteiger partial charge < -0.3 is 15.4 Å². The van der Waals surface area contributed by atoms with Gasteiger partial charge in [0.05, 0.1) is 20.1 Å². The normalized spacial score (nSPS) is 10.7. The van der Waals surface area contributed by atoms with Gasteiger partial charge in [0.25, 0.3) is 5.91 Å². The lowest BCUT2D eigenvalue weighted by atomic mass is 10.0. The van der Waals surface area contributed by atoms with Crippen molar-refractivity contribution >= 4 is 17.8 Å². The fourth-order valence-electron chi connectivity index (χ4n) is 1.76. The summed E-state index contributed by atoms with van der Waals surface area (Å²) in [5, 5.41) is 5.04. The molecule has 0 saturated heterocycles. The van der Waals surface area contributed by atoms with Gasteiger partial charge >= 0.3 is 5.97 Å². The number of amides is 2. The van der Waals surface area contributed by atoms with Crippen LogP contribution in [0, 0.1) is 5.82 Å². The van der Waals surface area contributed by atoms with Gasteiger partial charge in [-0.3, -0.25) is 14.4 Å². The van der Waals surface area contributed by atoms with E-state index in [1.807, 2.05) is 0 Å². The van der Waals surface area contributed by atoms with E-state index < -0.39 is 29.1 Å². The molecule has 0 aliphatic heterocycles. The molecule has 0 aromatic heterocycles. The lowest BCUT2D eigenvalue weighted by Gasteiger charge is -2.25. The molecule has 0 heterocycles. The average molecular weight is 310 g/mol. The Bertz CT molecular complexity index is 555. The van der Waals surface area contributed by atoms with Gasteiger partial charge in [-0.05, 0) is 38.1 Å². The molecule has 0 spiro atoms. The predicted molar refractivity (Wildman–Crippen MR) is 77.6 cm³/mol. The monoisotopic (exact) mass is 310 g/mol. The van der Waals surface area contributed by atoms with Crippen molar-refractivity contribution in [2.75, 3.05) is 13.7 Å². The second-order valence-electron chi connectivity index (χ2n) is 5.37. The van der Waals surface area contributed by atoms with Crippen LogP contribution in [0.1, 0.15) is 30.6 Å². The number of hydrogen-bond acceptors (Lipinski definition) is 4. The quantitative estimate of drug-likeness (QED) is 0.768. The number of carbonyl (C=O) groups is 3. The lowest BCUT2D eigenvalue weighted by molar-refractivity contribution is -0.142. The van der Waals surface area contributed by atoms with Crippen molar-refractivity contribution in [3.05, 3.63) is 35.6 Å². The fourth-order valence-corrected chi connectivity index (χ4v) is 1.76. The zero-order valence-corrected chi connectivity index (χ0v) is 12.7. The van der Waals surface area contributed by atoms with E-state index in [2.05, 4.69) is 15.4 Å². The van der Waals surface area contributed by atoms with Crippen LogP contribution in [0.15, 0.2) is 24.3 Å². The van der Waals surface area contributed by atoms with Crippen LogP contribution >= 0.6 is 0 Å². The molecular weight excluding hydrogens is 291 g/mol. The number of rotatable bonds is 6. The molecule has 120 valence electrons. The molecule has 0 saturated carbocycles. The Morgan fingerprint density at radius 3 is 2.32 bits per heavy atom. The van der Waals surface area contributed by atoms with Gasteiger partial charge in [-0.15, -0.1) is 0 Å². The second-order valence-corrected chi connectivity index (χ2v) is 5.37. The molecule has 6 nitrogen and oxygen atoms in total. The van der Waals surface area contributed by atoms with Crippen molar-refractivity contribution in [1.82, 2.24) is 10.6 Å². The molecule has 1 rings (SSSR count). The van der Waals surface area contributed by atoms with Gasteiger partial charge in [-0.1, -0.05) is 0 Å². The highest BCUT2D eigenvalue weighted by Crippen LogP contribution is 2.09. The van der Waals surface area contributed by atoms with Crippen molar-refractivity contribution in [2.45, 2.75) is 25.8 Å². The average Bonchev–Trinajstić information content (AvgIpc) is 2.44. The van der Waals surface area contributed by atoms with Crippen molar-refractivity contribution in [3.63, 3.8) is 0 Å². The summed E-state index contributed by atoms with van der Waals surface area (Å²) in [7, 11) is 1.27. The molecule has 2 amide bonds. The Balaban J connectivity index is 2.47. The number of benzene rings is 1. The minimum absolute atomic E-state index is 0.0150. The molecule has 7 heteroatoms. The van der Waals surface area contributed by atoms with Crippen molar-refractivity contribution < 1.29 is 23.5 Å².